The number of ether oxygens (including phenoxy) is 1. The Morgan fingerprint density at radius 2 is 1.95 bits per heavy atom. The molecule has 0 amide bonds. The Morgan fingerprint density at radius 3 is 2.50 bits per heavy atom. The van der Waals surface area contributed by atoms with E-state index in [4.69, 9.17) is 4.74 Å². The molecule has 3 nitrogen and oxygen atoms in total. The van der Waals surface area contributed by atoms with Crippen molar-refractivity contribution in [1.29, 1.82) is 0 Å². The molecule has 0 aromatic heterocycles. The summed E-state index contributed by atoms with van der Waals surface area (Å²) >= 11 is 0. The summed E-state index contributed by atoms with van der Waals surface area (Å²) in [4.78, 5) is 2.65. The highest BCUT2D eigenvalue weighted by molar-refractivity contribution is 4.92. The zero-order valence-electron chi connectivity index (χ0n) is 14.5. The first-order chi connectivity index (χ1) is 9.34. The SMILES string of the molecule is CCCOCCN1CC(C(C)(C)C)NCC1CC(C)C. The molecule has 0 aromatic carbocycles. The Bertz CT molecular complexity index is 260. The van der Waals surface area contributed by atoms with E-state index in [2.05, 4.69) is 51.8 Å². The van der Waals surface area contributed by atoms with E-state index in [1.54, 1.807) is 0 Å². The van der Waals surface area contributed by atoms with E-state index in [9.17, 15) is 0 Å². The van der Waals surface area contributed by atoms with Gasteiger partial charge in [-0.05, 0) is 24.2 Å². The van der Waals surface area contributed by atoms with Crippen LogP contribution in [0.1, 0.15) is 54.4 Å². The first-order valence-corrected chi connectivity index (χ1v) is 8.39. The fraction of sp³-hybridized carbons (Fsp3) is 1.00. The maximum atomic E-state index is 5.70. The molecular weight excluding hydrogens is 248 g/mol. The van der Waals surface area contributed by atoms with E-state index in [0.29, 0.717) is 17.5 Å². The number of piperazine rings is 1. The van der Waals surface area contributed by atoms with Gasteiger partial charge in [-0.1, -0.05) is 41.5 Å². The smallest absolute Gasteiger partial charge is 0.0593 e. The van der Waals surface area contributed by atoms with Crippen molar-refractivity contribution in [3.8, 4) is 0 Å². The molecule has 0 spiro atoms. The van der Waals surface area contributed by atoms with Gasteiger partial charge in [0, 0.05) is 38.3 Å². The zero-order valence-corrected chi connectivity index (χ0v) is 14.5. The van der Waals surface area contributed by atoms with Crippen LogP contribution < -0.4 is 5.32 Å². The van der Waals surface area contributed by atoms with Gasteiger partial charge in [0.1, 0.15) is 0 Å². The summed E-state index contributed by atoms with van der Waals surface area (Å²) in [5.41, 5.74) is 0.325. The third kappa shape index (κ3) is 6.11. The molecule has 2 atom stereocenters. The number of hydrogen-bond donors (Lipinski definition) is 1. The van der Waals surface area contributed by atoms with E-state index < -0.39 is 0 Å². The first-order valence-electron chi connectivity index (χ1n) is 8.39. The largest absolute Gasteiger partial charge is 0.380 e. The minimum absolute atomic E-state index is 0.325. The maximum absolute atomic E-state index is 5.70. The third-order valence-electron chi connectivity index (χ3n) is 4.19. The molecular formula is C17H36N2O. The monoisotopic (exact) mass is 284 g/mol. The normalized spacial score (nSPS) is 25.4. The van der Waals surface area contributed by atoms with E-state index in [1.807, 2.05) is 0 Å². The molecule has 20 heavy (non-hydrogen) atoms. The van der Waals surface area contributed by atoms with Crippen LogP contribution in [-0.2, 0) is 4.74 Å². The lowest BCUT2D eigenvalue weighted by atomic mass is 9.84. The lowest BCUT2D eigenvalue weighted by Crippen LogP contribution is -2.61. The molecule has 1 aliphatic heterocycles. The molecule has 0 radical (unpaired) electrons. The summed E-state index contributed by atoms with van der Waals surface area (Å²) in [5.74, 6) is 0.757. The number of hydrogen-bond acceptors (Lipinski definition) is 3. The van der Waals surface area contributed by atoms with Crippen molar-refractivity contribution in [3.05, 3.63) is 0 Å². The Kier molecular flexibility index (Phi) is 7.49. The Hall–Kier alpha value is -0.120. The van der Waals surface area contributed by atoms with Crippen LogP contribution in [0.4, 0.5) is 0 Å². The maximum Gasteiger partial charge on any atom is 0.0593 e. The van der Waals surface area contributed by atoms with Gasteiger partial charge < -0.3 is 10.1 Å². The topological polar surface area (TPSA) is 24.5 Å². The van der Waals surface area contributed by atoms with Gasteiger partial charge in [0.25, 0.3) is 0 Å². The fourth-order valence-electron chi connectivity index (χ4n) is 2.91. The van der Waals surface area contributed by atoms with Gasteiger partial charge in [-0.3, -0.25) is 4.90 Å². The Morgan fingerprint density at radius 1 is 1.25 bits per heavy atom. The molecule has 1 rings (SSSR count). The quantitative estimate of drug-likeness (QED) is 0.727. The van der Waals surface area contributed by atoms with Crippen LogP contribution in [0, 0.1) is 11.3 Å². The Balaban J connectivity index is 2.53. The summed E-state index contributed by atoms with van der Waals surface area (Å²) in [6, 6.07) is 1.25. The summed E-state index contributed by atoms with van der Waals surface area (Å²) in [6.07, 6.45) is 2.39. The lowest BCUT2D eigenvalue weighted by molar-refractivity contribution is 0.0400. The third-order valence-corrected chi connectivity index (χ3v) is 4.19. The van der Waals surface area contributed by atoms with E-state index in [0.717, 1.165) is 45.2 Å². The minimum atomic E-state index is 0.325. The molecule has 1 heterocycles. The highest BCUT2D eigenvalue weighted by Crippen LogP contribution is 2.25. The average Bonchev–Trinajstić information content (AvgIpc) is 2.34. The number of rotatable bonds is 7. The summed E-state index contributed by atoms with van der Waals surface area (Å²) in [6.45, 7) is 18.9. The zero-order chi connectivity index (χ0) is 15.2. The number of nitrogens with zero attached hydrogens (tertiary/aromatic N) is 1. The molecule has 0 aromatic rings. The molecule has 2 unspecified atom stereocenters. The van der Waals surface area contributed by atoms with Crippen LogP contribution in [-0.4, -0.2) is 49.8 Å². The van der Waals surface area contributed by atoms with Gasteiger partial charge in [0.15, 0.2) is 0 Å². The van der Waals surface area contributed by atoms with Crippen LogP contribution in [0.3, 0.4) is 0 Å². The molecule has 0 saturated carbocycles. The highest BCUT2D eigenvalue weighted by Gasteiger charge is 2.33. The number of nitrogens with one attached hydrogen (secondary N) is 1. The molecule has 1 N–H and O–H groups in total. The molecule has 1 saturated heterocycles. The van der Waals surface area contributed by atoms with Gasteiger partial charge in [0.05, 0.1) is 6.61 Å². The standard InChI is InChI=1S/C17H36N2O/c1-7-9-20-10-8-19-13-16(17(4,5)6)18-12-15(19)11-14(2)3/h14-16,18H,7-13H2,1-6H3. The van der Waals surface area contributed by atoms with Crippen molar-refractivity contribution >= 4 is 0 Å². The average molecular weight is 284 g/mol. The summed E-state index contributed by atoms with van der Waals surface area (Å²) in [5, 5.41) is 3.76. The van der Waals surface area contributed by atoms with E-state index >= 15 is 0 Å². The van der Waals surface area contributed by atoms with Crippen molar-refractivity contribution in [2.45, 2.75) is 66.5 Å². The summed E-state index contributed by atoms with van der Waals surface area (Å²) in [7, 11) is 0. The van der Waals surface area contributed by atoms with E-state index in [1.165, 1.54) is 6.42 Å². The van der Waals surface area contributed by atoms with Gasteiger partial charge in [-0.2, -0.15) is 0 Å². The minimum Gasteiger partial charge on any atom is -0.380 e. The molecule has 1 aliphatic rings. The fourth-order valence-corrected chi connectivity index (χ4v) is 2.91. The van der Waals surface area contributed by atoms with Crippen molar-refractivity contribution in [1.82, 2.24) is 10.2 Å². The van der Waals surface area contributed by atoms with Crippen molar-refractivity contribution in [2.24, 2.45) is 11.3 Å². The van der Waals surface area contributed by atoms with E-state index in [-0.39, 0.29) is 0 Å². The van der Waals surface area contributed by atoms with Crippen molar-refractivity contribution in [2.75, 3.05) is 32.8 Å². The van der Waals surface area contributed by atoms with Crippen LogP contribution in [0.5, 0.6) is 0 Å². The van der Waals surface area contributed by atoms with Crippen molar-refractivity contribution in [3.63, 3.8) is 0 Å². The second-order valence-electron chi connectivity index (χ2n) is 7.72. The van der Waals surface area contributed by atoms with Crippen LogP contribution in [0.15, 0.2) is 0 Å². The molecule has 3 heteroatoms. The van der Waals surface area contributed by atoms with Crippen LogP contribution in [0.2, 0.25) is 0 Å². The van der Waals surface area contributed by atoms with Gasteiger partial charge in [-0.15, -0.1) is 0 Å². The van der Waals surface area contributed by atoms with Gasteiger partial charge >= 0.3 is 0 Å². The Labute approximate surface area is 126 Å². The van der Waals surface area contributed by atoms with Gasteiger partial charge in [0.2, 0.25) is 0 Å². The van der Waals surface area contributed by atoms with Crippen molar-refractivity contribution < 1.29 is 4.74 Å². The first kappa shape index (κ1) is 17.9. The molecule has 1 fully saturated rings. The second-order valence-corrected chi connectivity index (χ2v) is 7.72. The van der Waals surface area contributed by atoms with Crippen LogP contribution in [0.25, 0.3) is 0 Å². The predicted octanol–water partition coefficient (Wildman–Crippen LogP) is 3.15. The second kappa shape index (κ2) is 8.35. The molecule has 120 valence electrons. The highest BCUT2D eigenvalue weighted by atomic mass is 16.5. The summed E-state index contributed by atoms with van der Waals surface area (Å²) < 4.78 is 5.70. The van der Waals surface area contributed by atoms with Gasteiger partial charge in [-0.25, -0.2) is 0 Å². The molecule has 0 bridgehead atoms. The predicted molar refractivity (Wildman–Crippen MR) is 87.2 cm³/mol. The lowest BCUT2D eigenvalue weighted by Gasteiger charge is -2.45. The van der Waals surface area contributed by atoms with Crippen LogP contribution >= 0.6 is 0 Å². The molecule has 0 aliphatic carbocycles.